The van der Waals surface area contributed by atoms with Gasteiger partial charge < -0.3 is 5.73 Å². The summed E-state index contributed by atoms with van der Waals surface area (Å²) in [5, 5.41) is 0.634. The molecule has 2 heterocycles. The van der Waals surface area contributed by atoms with Crippen molar-refractivity contribution in [3.8, 4) is 0 Å². The number of nitrogens with zero attached hydrogens (tertiary/aromatic N) is 2. The van der Waals surface area contributed by atoms with E-state index in [1.165, 1.54) is 5.56 Å². The number of pyridine rings is 2. The summed E-state index contributed by atoms with van der Waals surface area (Å²) in [5.74, 6) is 0.251. The van der Waals surface area contributed by atoms with E-state index in [4.69, 9.17) is 17.3 Å². The van der Waals surface area contributed by atoms with Crippen LogP contribution < -0.4 is 5.73 Å². The molecule has 2 unspecified atom stereocenters. The summed E-state index contributed by atoms with van der Waals surface area (Å²) in [6.45, 7) is 0. The van der Waals surface area contributed by atoms with Crippen LogP contribution in [0.3, 0.4) is 0 Å². The van der Waals surface area contributed by atoms with Crippen molar-refractivity contribution in [3.63, 3.8) is 0 Å². The van der Waals surface area contributed by atoms with Gasteiger partial charge in [-0.1, -0.05) is 17.7 Å². The van der Waals surface area contributed by atoms with Crippen molar-refractivity contribution in [2.75, 3.05) is 0 Å². The van der Waals surface area contributed by atoms with E-state index in [2.05, 4.69) is 16.0 Å². The fraction of sp³-hybridized carbons (Fsp3) is 0.286. The molecule has 2 N–H and O–H groups in total. The van der Waals surface area contributed by atoms with Gasteiger partial charge in [0.05, 0.1) is 5.02 Å². The number of hydrogen-bond donors (Lipinski definition) is 1. The Morgan fingerprint density at radius 1 is 1.33 bits per heavy atom. The van der Waals surface area contributed by atoms with Crippen LogP contribution in [0, 0.1) is 0 Å². The Bertz CT molecular complexity index is 570. The Labute approximate surface area is 111 Å². The fourth-order valence-corrected chi connectivity index (χ4v) is 2.91. The number of hydrogen-bond acceptors (Lipinski definition) is 3. The van der Waals surface area contributed by atoms with Gasteiger partial charge in [-0.05, 0) is 36.1 Å². The molecule has 0 amide bonds. The molecule has 2 atom stereocenters. The van der Waals surface area contributed by atoms with E-state index in [1.54, 1.807) is 12.4 Å². The predicted molar refractivity (Wildman–Crippen MR) is 71.5 cm³/mol. The molecule has 0 fully saturated rings. The largest absolute Gasteiger partial charge is 0.323 e. The zero-order valence-corrected chi connectivity index (χ0v) is 10.6. The van der Waals surface area contributed by atoms with Crippen LogP contribution in [0.4, 0.5) is 0 Å². The lowest BCUT2D eigenvalue weighted by Crippen LogP contribution is -2.19. The molecule has 0 aromatic carbocycles. The summed E-state index contributed by atoms with van der Waals surface area (Å²) in [7, 11) is 0. The number of nitrogens with two attached hydrogens (primary N) is 1. The Balaban J connectivity index is 1.96. The molecule has 2 aromatic rings. The molecule has 3 rings (SSSR count). The molecule has 0 radical (unpaired) electrons. The van der Waals surface area contributed by atoms with Crippen molar-refractivity contribution >= 4 is 11.6 Å². The summed E-state index contributed by atoms with van der Waals surface area (Å²) in [6, 6.07) is 5.89. The highest BCUT2D eigenvalue weighted by Crippen LogP contribution is 2.40. The van der Waals surface area contributed by atoms with E-state index in [0.29, 0.717) is 5.02 Å². The number of halogens is 1. The fourth-order valence-electron chi connectivity index (χ4n) is 2.67. The SMILES string of the molecule is NC(c1ccncc1Cl)C1CCc2cccnc21. The molecule has 1 aliphatic rings. The van der Waals surface area contributed by atoms with Crippen molar-refractivity contribution in [1.29, 1.82) is 0 Å². The van der Waals surface area contributed by atoms with Crippen molar-refractivity contribution < 1.29 is 0 Å². The van der Waals surface area contributed by atoms with E-state index in [0.717, 1.165) is 24.1 Å². The van der Waals surface area contributed by atoms with Gasteiger partial charge in [0, 0.05) is 36.2 Å². The van der Waals surface area contributed by atoms with Gasteiger partial charge in [-0.3, -0.25) is 9.97 Å². The first-order chi connectivity index (χ1) is 8.77. The summed E-state index contributed by atoms with van der Waals surface area (Å²) < 4.78 is 0. The summed E-state index contributed by atoms with van der Waals surface area (Å²) in [4.78, 5) is 8.47. The minimum atomic E-state index is -0.114. The van der Waals surface area contributed by atoms with Gasteiger partial charge in [-0.15, -0.1) is 0 Å². The highest BCUT2D eigenvalue weighted by molar-refractivity contribution is 6.31. The molecule has 92 valence electrons. The lowest BCUT2D eigenvalue weighted by molar-refractivity contribution is 0.541. The first-order valence-electron chi connectivity index (χ1n) is 6.06. The Kier molecular flexibility index (Phi) is 3.02. The third-order valence-electron chi connectivity index (χ3n) is 3.60. The van der Waals surface area contributed by atoms with Gasteiger partial charge in [-0.2, -0.15) is 0 Å². The second kappa shape index (κ2) is 4.67. The van der Waals surface area contributed by atoms with Crippen LogP contribution in [-0.4, -0.2) is 9.97 Å². The van der Waals surface area contributed by atoms with Crippen LogP contribution >= 0.6 is 11.6 Å². The average molecular weight is 260 g/mol. The zero-order valence-electron chi connectivity index (χ0n) is 9.88. The highest BCUT2D eigenvalue weighted by atomic mass is 35.5. The third-order valence-corrected chi connectivity index (χ3v) is 3.91. The normalized spacial score (nSPS) is 19.6. The molecule has 0 aliphatic heterocycles. The molecule has 0 saturated heterocycles. The quantitative estimate of drug-likeness (QED) is 0.902. The molecule has 0 bridgehead atoms. The number of fused-ring (bicyclic) bond motifs is 1. The number of aromatic nitrogens is 2. The smallest absolute Gasteiger partial charge is 0.0637 e. The third kappa shape index (κ3) is 1.89. The Morgan fingerprint density at radius 2 is 2.22 bits per heavy atom. The van der Waals surface area contributed by atoms with E-state index in [1.807, 2.05) is 18.3 Å². The lowest BCUT2D eigenvalue weighted by Gasteiger charge is -2.20. The van der Waals surface area contributed by atoms with Crippen LogP contribution in [0.1, 0.15) is 35.2 Å². The second-order valence-electron chi connectivity index (χ2n) is 4.62. The number of aryl methyl sites for hydroxylation is 1. The molecule has 0 saturated carbocycles. The van der Waals surface area contributed by atoms with E-state index >= 15 is 0 Å². The molecule has 3 nitrogen and oxygen atoms in total. The highest BCUT2D eigenvalue weighted by Gasteiger charge is 2.30. The maximum atomic E-state index is 6.36. The van der Waals surface area contributed by atoms with Crippen LogP contribution in [0.5, 0.6) is 0 Å². The van der Waals surface area contributed by atoms with Crippen LogP contribution in [0.2, 0.25) is 5.02 Å². The first kappa shape index (κ1) is 11.6. The van der Waals surface area contributed by atoms with Crippen molar-refractivity contribution in [3.05, 3.63) is 58.6 Å². The van der Waals surface area contributed by atoms with Gasteiger partial charge in [0.25, 0.3) is 0 Å². The minimum Gasteiger partial charge on any atom is -0.323 e. The van der Waals surface area contributed by atoms with Crippen LogP contribution in [0.15, 0.2) is 36.8 Å². The Hall–Kier alpha value is -1.45. The Morgan fingerprint density at radius 3 is 3.06 bits per heavy atom. The van der Waals surface area contributed by atoms with Crippen LogP contribution in [0.25, 0.3) is 0 Å². The molecule has 4 heteroatoms. The van der Waals surface area contributed by atoms with Crippen molar-refractivity contribution in [2.45, 2.75) is 24.8 Å². The standard InChI is InChI=1S/C14H14ClN3/c15-12-8-17-7-5-10(12)13(16)11-4-3-9-2-1-6-18-14(9)11/h1-2,5-8,11,13H,3-4,16H2. The van der Waals surface area contributed by atoms with Crippen LogP contribution in [-0.2, 0) is 6.42 Å². The van der Waals surface area contributed by atoms with Gasteiger partial charge in [0.2, 0.25) is 0 Å². The molecular formula is C14H14ClN3. The van der Waals surface area contributed by atoms with E-state index < -0.39 is 0 Å². The van der Waals surface area contributed by atoms with Crippen molar-refractivity contribution in [2.24, 2.45) is 5.73 Å². The van der Waals surface area contributed by atoms with Crippen molar-refractivity contribution in [1.82, 2.24) is 9.97 Å². The topological polar surface area (TPSA) is 51.8 Å². The maximum absolute atomic E-state index is 6.36. The monoisotopic (exact) mass is 259 g/mol. The predicted octanol–water partition coefficient (Wildman–Crippen LogP) is 2.86. The lowest BCUT2D eigenvalue weighted by atomic mass is 9.92. The molecule has 0 spiro atoms. The molecular weight excluding hydrogens is 246 g/mol. The summed E-state index contributed by atoms with van der Waals surface area (Å²) >= 11 is 6.16. The van der Waals surface area contributed by atoms with Gasteiger partial charge in [0.1, 0.15) is 0 Å². The molecule has 18 heavy (non-hydrogen) atoms. The summed E-state index contributed by atoms with van der Waals surface area (Å²) in [5.41, 5.74) is 9.75. The molecule has 1 aliphatic carbocycles. The summed E-state index contributed by atoms with van der Waals surface area (Å²) in [6.07, 6.45) is 7.29. The average Bonchev–Trinajstić information content (AvgIpc) is 2.82. The van der Waals surface area contributed by atoms with Gasteiger partial charge in [0.15, 0.2) is 0 Å². The number of rotatable bonds is 2. The van der Waals surface area contributed by atoms with E-state index in [-0.39, 0.29) is 12.0 Å². The molecule has 2 aromatic heterocycles. The zero-order chi connectivity index (χ0) is 12.5. The first-order valence-corrected chi connectivity index (χ1v) is 6.44. The van der Waals surface area contributed by atoms with Gasteiger partial charge >= 0.3 is 0 Å². The minimum absolute atomic E-state index is 0.114. The van der Waals surface area contributed by atoms with Gasteiger partial charge in [-0.25, -0.2) is 0 Å². The maximum Gasteiger partial charge on any atom is 0.0637 e. The van der Waals surface area contributed by atoms with E-state index in [9.17, 15) is 0 Å². The second-order valence-corrected chi connectivity index (χ2v) is 5.02.